The average molecular weight is 535 g/mol. The molecule has 0 radical (unpaired) electrons. The Bertz CT molecular complexity index is 1280. The SMILES string of the molecule is CCOC(=O)NN(C(=O)Nc1ccc(OCCN2CCOCC2)c2ccccc12)c1cccc(C(C)(C)C)c1. The van der Waals surface area contributed by atoms with Crippen molar-refractivity contribution in [2.24, 2.45) is 0 Å². The second-order valence-electron chi connectivity index (χ2n) is 10.4. The summed E-state index contributed by atoms with van der Waals surface area (Å²) in [6, 6.07) is 18.4. The Hall–Kier alpha value is -3.82. The lowest BCUT2D eigenvalue weighted by Gasteiger charge is -2.27. The number of carbonyl (C=O) groups is 2. The summed E-state index contributed by atoms with van der Waals surface area (Å²) in [7, 11) is 0. The largest absolute Gasteiger partial charge is 0.492 e. The summed E-state index contributed by atoms with van der Waals surface area (Å²) >= 11 is 0. The summed E-state index contributed by atoms with van der Waals surface area (Å²) in [5.74, 6) is 0.747. The van der Waals surface area contributed by atoms with Gasteiger partial charge < -0.3 is 19.5 Å². The van der Waals surface area contributed by atoms with Crippen molar-refractivity contribution in [2.45, 2.75) is 33.1 Å². The number of anilines is 2. The fourth-order valence-corrected chi connectivity index (χ4v) is 4.39. The highest BCUT2D eigenvalue weighted by atomic mass is 16.6. The van der Waals surface area contributed by atoms with Gasteiger partial charge >= 0.3 is 12.1 Å². The van der Waals surface area contributed by atoms with Crippen molar-refractivity contribution in [1.29, 1.82) is 0 Å². The molecule has 0 atom stereocenters. The molecule has 0 bridgehead atoms. The number of ether oxygens (including phenoxy) is 3. The first kappa shape index (κ1) is 28.2. The van der Waals surface area contributed by atoms with Crippen molar-refractivity contribution in [1.82, 2.24) is 10.3 Å². The van der Waals surface area contributed by atoms with Crippen molar-refractivity contribution < 1.29 is 23.8 Å². The van der Waals surface area contributed by atoms with E-state index in [4.69, 9.17) is 14.2 Å². The Morgan fingerprint density at radius 1 is 1.00 bits per heavy atom. The number of nitrogens with zero attached hydrogens (tertiary/aromatic N) is 2. The number of benzene rings is 3. The number of hydrogen-bond donors (Lipinski definition) is 2. The second kappa shape index (κ2) is 12.8. The minimum absolute atomic E-state index is 0.143. The van der Waals surface area contributed by atoms with Crippen molar-refractivity contribution in [3.8, 4) is 5.75 Å². The standard InChI is InChI=1S/C30H38N4O5/c1-5-38-29(36)32-34(23-10-8-9-22(21-23)30(2,3)4)28(35)31-26-13-14-27(25-12-7-6-11-24(25)26)39-20-17-33-15-18-37-19-16-33/h6-14,21H,5,15-20H2,1-4H3,(H,31,35)(H,32,36). The van der Waals surface area contributed by atoms with Crippen LogP contribution in [0, 0.1) is 0 Å². The molecular weight excluding hydrogens is 496 g/mol. The Labute approximate surface area is 230 Å². The molecule has 4 rings (SSSR count). The molecule has 208 valence electrons. The highest BCUT2D eigenvalue weighted by Crippen LogP contribution is 2.32. The number of rotatable bonds is 7. The van der Waals surface area contributed by atoms with Crippen LogP contribution in [-0.4, -0.2) is 63.1 Å². The molecule has 3 aromatic rings. The fraction of sp³-hybridized carbons (Fsp3) is 0.400. The van der Waals surface area contributed by atoms with Crippen LogP contribution in [0.3, 0.4) is 0 Å². The van der Waals surface area contributed by atoms with Gasteiger partial charge in [0.2, 0.25) is 0 Å². The molecule has 1 heterocycles. The molecule has 3 amide bonds. The van der Waals surface area contributed by atoms with Crippen molar-refractivity contribution >= 4 is 34.3 Å². The van der Waals surface area contributed by atoms with Crippen LogP contribution in [-0.2, 0) is 14.9 Å². The molecule has 0 saturated carbocycles. The Morgan fingerprint density at radius 2 is 1.74 bits per heavy atom. The van der Waals surface area contributed by atoms with Crippen LogP contribution in [0.2, 0.25) is 0 Å². The Morgan fingerprint density at radius 3 is 2.46 bits per heavy atom. The van der Waals surface area contributed by atoms with E-state index in [9.17, 15) is 9.59 Å². The van der Waals surface area contributed by atoms with Crippen LogP contribution in [0.4, 0.5) is 21.0 Å². The molecule has 0 aromatic heterocycles. The van der Waals surface area contributed by atoms with Gasteiger partial charge in [-0.15, -0.1) is 0 Å². The quantitative estimate of drug-likeness (QED) is 0.386. The average Bonchev–Trinajstić information content (AvgIpc) is 2.93. The van der Waals surface area contributed by atoms with Gasteiger partial charge in [0.1, 0.15) is 12.4 Å². The molecule has 2 N–H and O–H groups in total. The number of urea groups is 1. The maximum Gasteiger partial charge on any atom is 0.426 e. The van der Waals surface area contributed by atoms with E-state index in [1.54, 1.807) is 13.0 Å². The van der Waals surface area contributed by atoms with Gasteiger partial charge in [-0.3, -0.25) is 4.90 Å². The van der Waals surface area contributed by atoms with E-state index in [1.807, 2.05) is 54.6 Å². The first-order chi connectivity index (χ1) is 18.8. The maximum absolute atomic E-state index is 13.6. The summed E-state index contributed by atoms with van der Waals surface area (Å²) < 4.78 is 16.6. The molecule has 0 unspecified atom stereocenters. The number of amides is 3. The zero-order valence-electron chi connectivity index (χ0n) is 23.2. The lowest BCUT2D eigenvalue weighted by Crippen LogP contribution is -2.49. The highest BCUT2D eigenvalue weighted by molar-refractivity contribution is 6.09. The number of fused-ring (bicyclic) bond motifs is 1. The summed E-state index contributed by atoms with van der Waals surface area (Å²) in [6.07, 6.45) is -0.720. The second-order valence-corrected chi connectivity index (χ2v) is 10.4. The third kappa shape index (κ3) is 7.40. The smallest absolute Gasteiger partial charge is 0.426 e. The molecule has 9 nitrogen and oxygen atoms in total. The molecular formula is C30H38N4O5. The number of morpholine rings is 1. The molecule has 0 spiro atoms. The minimum atomic E-state index is -0.720. The molecule has 1 fully saturated rings. The maximum atomic E-state index is 13.6. The lowest BCUT2D eigenvalue weighted by atomic mass is 9.87. The van der Waals surface area contributed by atoms with E-state index in [1.165, 1.54) is 5.01 Å². The van der Waals surface area contributed by atoms with Crippen molar-refractivity contribution in [3.63, 3.8) is 0 Å². The molecule has 39 heavy (non-hydrogen) atoms. The van der Waals surface area contributed by atoms with Crippen LogP contribution in [0.15, 0.2) is 60.7 Å². The molecule has 1 aliphatic rings. The van der Waals surface area contributed by atoms with Gasteiger partial charge in [0.25, 0.3) is 0 Å². The van der Waals surface area contributed by atoms with E-state index in [0.717, 1.165) is 54.9 Å². The highest BCUT2D eigenvalue weighted by Gasteiger charge is 2.23. The van der Waals surface area contributed by atoms with Crippen LogP contribution in [0.5, 0.6) is 5.75 Å². The summed E-state index contributed by atoms with van der Waals surface area (Å²) in [4.78, 5) is 28.3. The number of carbonyl (C=O) groups excluding carboxylic acids is 2. The van der Waals surface area contributed by atoms with Gasteiger partial charge in [0.15, 0.2) is 0 Å². The number of hydrogen-bond acceptors (Lipinski definition) is 6. The molecule has 0 aliphatic carbocycles. The number of hydrazine groups is 1. The predicted molar refractivity (Wildman–Crippen MR) is 153 cm³/mol. The van der Waals surface area contributed by atoms with Crippen LogP contribution >= 0.6 is 0 Å². The Balaban J connectivity index is 1.56. The first-order valence-corrected chi connectivity index (χ1v) is 13.4. The molecule has 1 aliphatic heterocycles. The lowest BCUT2D eigenvalue weighted by molar-refractivity contribution is 0.0323. The van der Waals surface area contributed by atoms with Gasteiger partial charge in [-0.05, 0) is 42.2 Å². The van der Waals surface area contributed by atoms with Gasteiger partial charge in [0.05, 0.1) is 31.2 Å². The van der Waals surface area contributed by atoms with Crippen LogP contribution in [0.25, 0.3) is 10.8 Å². The summed E-state index contributed by atoms with van der Waals surface area (Å²) in [5.41, 5.74) is 4.56. The summed E-state index contributed by atoms with van der Waals surface area (Å²) in [5, 5.41) is 5.85. The van der Waals surface area contributed by atoms with E-state index in [0.29, 0.717) is 18.0 Å². The van der Waals surface area contributed by atoms with E-state index < -0.39 is 12.1 Å². The van der Waals surface area contributed by atoms with Crippen LogP contribution in [0.1, 0.15) is 33.3 Å². The fourth-order valence-electron chi connectivity index (χ4n) is 4.39. The monoisotopic (exact) mass is 534 g/mol. The molecule has 3 aromatic carbocycles. The van der Waals surface area contributed by atoms with Gasteiger partial charge in [-0.2, -0.15) is 5.01 Å². The van der Waals surface area contributed by atoms with E-state index in [-0.39, 0.29) is 12.0 Å². The van der Waals surface area contributed by atoms with Crippen molar-refractivity contribution in [3.05, 3.63) is 66.2 Å². The zero-order chi connectivity index (χ0) is 27.8. The van der Waals surface area contributed by atoms with Gasteiger partial charge in [-0.25, -0.2) is 15.0 Å². The topological polar surface area (TPSA) is 92.4 Å². The minimum Gasteiger partial charge on any atom is -0.492 e. The molecule has 1 saturated heterocycles. The predicted octanol–water partition coefficient (Wildman–Crippen LogP) is 5.55. The third-order valence-corrected chi connectivity index (χ3v) is 6.55. The van der Waals surface area contributed by atoms with Gasteiger partial charge in [0, 0.05) is 30.4 Å². The zero-order valence-corrected chi connectivity index (χ0v) is 23.2. The van der Waals surface area contributed by atoms with Crippen molar-refractivity contribution in [2.75, 3.05) is 56.4 Å². The Kier molecular flexibility index (Phi) is 9.27. The summed E-state index contributed by atoms with van der Waals surface area (Å²) in [6.45, 7) is 12.8. The van der Waals surface area contributed by atoms with Gasteiger partial charge in [-0.1, -0.05) is 57.2 Å². The first-order valence-electron chi connectivity index (χ1n) is 13.4. The third-order valence-electron chi connectivity index (χ3n) is 6.55. The van der Waals surface area contributed by atoms with Crippen LogP contribution < -0.4 is 20.5 Å². The number of nitrogens with one attached hydrogen (secondary N) is 2. The normalized spacial score (nSPS) is 14.1. The van der Waals surface area contributed by atoms with E-state index in [2.05, 4.69) is 36.4 Å². The van der Waals surface area contributed by atoms with E-state index >= 15 is 0 Å². The molecule has 9 heteroatoms.